The van der Waals surface area contributed by atoms with Crippen molar-refractivity contribution in [2.45, 2.75) is 31.5 Å². The molecule has 0 saturated heterocycles. The number of benzene rings is 1. The largest absolute Gasteiger partial charge is 0.461 e. The second-order valence-corrected chi connectivity index (χ2v) is 7.70. The third-order valence-corrected chi connectivity index (χ3v) is 5.44. The van der Waals surface area contributed by atoms with Crippen LogP contribution in [0.3, 0.4) is 0 Å². The Morgan fingerprint density at radius 2 is 2.04 bits per heavy atom. The number of rotatable bonds is 7. The van der Waals surface area contributed by atoms with Crippen molar-refractivity contribution in [1.82, 2.24) is 20.1 Å². The number of nitriles is 1. The number of aromatic nitrogens is 3. The Bertz CT molecular complexity index is 976. The fourth-order valence-corrected chi connectivity index (χ4v) is 3.25. The maximum Gasteiger partial charge on any atom is 0.231 e. The van der Waals surface area contributed by atoms with E-state index in [2.05, 4.69) is 21.6 Å². The number of nitrogens with zero attached hydrogens (tertiary/aromatic N) is 4. The number of hydrogen-bond donors (Lipinski definition) is 1. The highest BCUT2D eigenvalue weighted by Crippen LogP contribution is 2.28. The SMILES string of the molecule is CC(C)[C@@](C)(C#N)NC(=O)CSc1nnc(-c2ccco2)n1-c1ccccc1. The lowest BCUT2D eigenvalue weighted by Crippen LogP contribution is -2.49. The zero-order valence-corrected chi connectivity index (χ0v) is 16.7. The molecule has 28 heavy (non-hydrogen) atoms. The van der Waals surface area contributed by atoms with E-state index < -0.39 is 5.54 Å². The van der Waals surface area contributed by atoms with Crippen LogP contribution in [0.5, 0.6) is 0 Å². The zero-order chi connectivity index (χ0) is 20.1. The van der Waals surface area contributed by atoms with Gasteiger partial charge in [-0.2, -0.15) is 5.26 Å². The molecule has 0 aliphatic rings. The Kier molecular flexibility index (Phi) is 5.85. The monoisotopic (exact) mass is 395 g/mol. The van der Waals surface area contributed by atoms with Crippen LogP contribution < -0.4 is 5.32 Å². The minimum Gasteiger partial charge on any atom is -0.461 e. The first kappa shape index (κ1) is 19.7. The van der Waals surface area contributed by atoms with Crippen molar-refractivity contribution in [2.75, 3.05) is 5.75 Å². The summed E-state index contributed by atoms with van der Waals surface area (Å²) in [5.41, 5.74) is -0.0461. The van der Waals surface area contributed by atoms with Crippen LogP contribution in [0.25, 0.3) is 17.3 Å². The standard InChI is InChI=1S/C20H21N5O2S/c1-14(2)20(3,13-21)22-17(26)12-28-19-24-23-18(16-10-7-11-27-16)25(19)15-8-5-4-6-9-15/h4-11,14H,12H2,1-3H3,(H,22,26)/t20-/m1/s1. The van der Waals surface area contributed by atoms with Crippen LogP contribution in [0.15, 0.2) is 58.3 Å². The van der Waals surface area contributed by atoms with Gasteiger partial charge in [0.1, 0.15) is 5.54 Å². The molecule has 0 saturated carbocycles. The van der Waals surface area contributed by atoms with Crippen molar-refractivity contribution >= 4 is 17.7 Å². The Morgan fingerprint density at radius 3 is 2.64 bits per heavy atom. The van der Waals surface area contributed by atoms with E-state index in [9.17, 15) is 10.1 Å². The van der Waals surface area contributed by atoms with Gasteiger partial charge < -0.3 is 9.73 Å². The first-order valence-electron chi connectivity index (χ1n) is 8.84. The highest BCUT2D eigenvalue weighted by Gasteiger charge is 2.30. The molecule has 1 amide bonds. The van der Waals surface area contributed by atoms with Crippen LogP contribution >= 0.6 is 11.8 Å². The third kappa shape index (κ3) is 4.10. The van der Waals surface area contributed by atoms with Crippen molar-refractivity contribution in [3.63, 3.8) is 0 Å². The van der Waals surface area contributed by atoms with E-state index in [-0.39, 0.29) is 17.6 Å². The molecule has 0 aliphatic heterocycles. The van der Waals surface area contributed by atoms with E-state index in [0.29, 0.717) is 16.7 Å². The molecule has 1 atom stereocenters. The third-order valence-electron chi connectivity index (χ3n) is 4.51. The highest BCUT2D eigenvalue weighted by molar-refractivity contribution is 7.99. The normalized spacial score (nSPS) is 13.1. The smallest absolute Gasteiger partial charge is 0.231 e. The Labute approximate surface area is 167 Å². The molecule has 0 bridgehead atoms. The first-order chi connectivity index (χ1) is 13.4. The topological polar surface area (TPSA) is 96.7 Å². The molecule has 0 unspecified atom stereocenters. The second kappa shape index (κ2) is 8.31. The molecular weight excluding hydrogens is 374 g/mol. The van der Waals surface area contributed by atoms with E-state index in [1.54, 1.807) is 19.3 Å². The molecule has 3 rings (SSSR count). The number of amides is 1. The molecule has 2 heterocycles. The fraction of sp³-hybridized carbons (Fsp3) is 0.300. The number of nitrogens with one attached hydrogen (secondary N) is 1. The summed E-state index contributed by atoms with van der Waals surface area (Å²) in [7, 11) is 0. The molecule has 0 fully saturated rings. The van der Waals surface area contributed by atoms with Crippen LogP contribution in [0.1, 0.15) is 20.8 Å². The summed E-state index contributed by atoms with van der Waals surface area (Å²) in [5.74, 6) is 1.02. The predicted molar refractivity (Wildman–Crippen MR) is 107 cm³/mol. The molecule has 0 spiro atoms. The van der Waals surface area contributed by atoms with Crippen LogP contribution in [0, 0.1) is 17.2 Å². The van der Waals surface area contributed by atoms with E-state index in [0.717, 1.165) is 5.69 Å². The van der Waals surface area contributed by atoms with Crippen molar-refractivity contribution in [3.05, 3.63) is 48.7 Å². The zero-order valence-electron chi connectivity index (χ0n) is 15.9. The quantitative estimate of drug-likeness (QED) is 0.613. The van der Waals surface area contributed by atoms with Gasteiger partial charge in [-0.1, -0.05) is 43.8 Å². The molecule has 1 aromatic carbocycles. The van der Waals surface area contributed by atoms with Gasteiger partial charge in [-0.05, 0) is 37.1 Å². The van der Waals surface area contributed by atoms with Gasteiger partial charge in [0, 0.05) is 5.69 Å². The minimum atomic E-state index is -0.913. The van der Waals surface area contributed by atoms with Crippen molar-refractivity contribution in [1.29, 1.82) is 5.26 Å². The Balaban J connectivity index is 1.83. The number of carbonyl (C=O) groups excluding carboxylic acids is 1. The number of thioether (sulfide) groups is 1. The average Bonchev–Trinajstić information content (AvgIpc) is 3.36. The van der Waals surface area contributed by atoms with Crippen LogP contribution in [0.2, 0.25) is 0 Å². The molecule has 8 heteroatoms. The van der Waals surface area contributed by atoms with Gasteiger partial charge in [-0.25, -0.2) is 0 Å². The number of furan rings is 1. The van der Waals surface area contributed by atoms with Gasteiger partial charge in [0.05, 0.1) is 18.1 Å². The summed E-state index contributed by atoms with van der Waals surface area (Å²) in [6, 6.07) is 15.4. The Hall–Kier alpha value is -3.05. The average molecular weight is 395 g/mol. The van der Waals surface area contributed by atoms with E-state index in [1.807, 2.05) is 54.8 Å². The van der Waals surface area contributed by atoms with E-state index in [4.69, 9.17) is 4.42 Å². The molecule has 3 aromatic rings. The van der Waals surface area contributed by atoms with Gasteiger partial charge in [0.2, 0.25) is 11.7 Å². The lowest BCUT2D eigenvalue weighted by molar-refractivity contribution is -0.120. The maximum atomic E-state index is 12.4. The van der Waals surface area contributed by atoms with Gasteiger partial charge in [0.25, 0.3) is 0 Å². The summed E-state index contributed by atoms with van der Waals surface area (Å²) in [6.45, 7) is 5.53. The van der Waals surface area contributed by atoms with E-state index in [1.165, 1.54) is 11.8 Å². The molecule has 2 aromatic heterocycles. The first-order valence-corrected chi connectivity index (χ1v) is 9.83. The summed E-state index contributed by atoms with van der Waals surface area (Å²) < 4.78 is 7.33. The van der Waals surface area contributed by atoms with Gasteiger partial charge >= 0.3 is 0 Å². The molecule has 0 aliphatic carbocycles. The van der Waals surface area contributed by atoms with Crippen LogP contribution in [-0.4, -0.2) is 32.0 Å². The van der Waals surface area contributed by atoms with Gasteiger partial charge in [0.15, 0.2) is 10.9 Å². The highest BCUT2D eigenvalue weighted by atomic mass is 32.2. The predicted octanol–water partition coefficient (Wildman–Crippen LogP) is 3.67. The summed E-state index contributed by atoms with van der Waals surface area (Å²) in [5, 5.41) is 21.2. The molecule has 0 radical (unpaired) electrons. The van der Waals surface area contributed by atoms with Crippen molar-refractivity contribution in [3.8, 4) is 23.3 Å². The molecule has 144 valence electrons. The molecule has 7 nitrogen and oxygen atoms in total. The fourth-order valence-electron chi connectivity index (χ4n) is 2.50. The lowest BCUT2D eigenvalue weighted by atomic mass is 9.90. The van der Waals surface area contributed by atoms with Crippen LogP contribution in [0.4, 0.5) is 0 Å². The number of para-hydroxylation sites is 1. The lowest BCUT2D eigenvalue weighted by Gasteiger charge is -2.27. The minimum absolute atomic E-state index is 0.00928. The maximum absolute atomic E-state index is 12.4. The Morgan fingerprint density at radius 1 is 1.29 bits per heavy atom. The second-order valence-electron chi connectivity index (χ2n) is 6.76. The van der Waals surface area contributed by atoms with Crippen molar-refractivity contribution < 1.29 is 9.21 Å². The summed E-state index contributed by atoms with van der Waals surface area (Å²) in [6.07, 6.45) is 1.58. The summed E-state index contributed by atoms with van der Waals surface area (Å²) >= 11 is 1.26. The van der Waals surface area contributed by atoms with Crippen LogP contribution in [-0.2, 0) is 4.79 Å². The summed E-state index contributed by atoms with van der Waals surface area (Å²) in [4.78, 5) is 12.4. The van der Waals surface area contributed by atoms with E-state index >= 15 is 0 Å². The number of hydrogen-bond acceptors (Lipinski definition) is 6. The number of carbonyl (C=O) groups is 1. The molecule has 1 N–H and O–H groups in total. The van der Waals surface area contributed by atoms with Gasteiger partial charge in [-0.3, -0.25) is 9.36 Å². The van der Waals surface area contributed by atoms with Crippen molar-refractivity contribution in [2.24, 2.45) is 5.92 Å². The van der Waals surface area contributed by atoms with Gasteiger partial charge in [-0.15, -0.1) is 10.2 Å². The molecular formula is C20H21N5O2S.